The van der Waals surface area contributed by atoms with Crippen LogP contribution in [0.15, 0.2) is 72.4 Å². The molecule has 3 aromatic rings. The van der Waals surface area contributed by atoms with Crippen LogP contribution in [0.1, 0.15) is 22.3 Å². The number of hydrogen-bond acceptors (Lipinski definition) is 4. The van der Waals surface area contributed by atoms with E-state index in [0.29, 0.717) is 10.6 Å². The van der Waals surface area contributed by atoms with Gasteiger partial charge in [0.05, 0.1) is 12.1 Å². The van der Waals surface area contributed by atoms with E-state index in [9.17, 15) is 9.59 Å². The van der Waals surface area contributed by atoms with Crippen LogP contribution in [-0.2, 0) is 16.1 Å². The number of carbonyl (C=O) groups is 2. The van der Waals surface area contributed by atoms with Crippen molar-refractivity contribution in [1.29, 1.82) is 0 Å². The Kier molecular flexibility index (Phi) is 6.25. The minimum absolute atomic E-state index is 0.108. The van der Waals surface area contributed by atoms with Crippen LogP contribution in [0, 0.1) is 13.8 Å². The Morgan fingerprint density at radius 2 is 1.61 bits per heavy atom. The zero-order valence-electron chi connectivity index (χ0n) is 19.1. The summed E-state index contributed by atoms with van der Waals surface area (Å²) in [5.74, 6) is -0.703. The molecular weight excluding hydrogens is 434 g/mol. The van der Waals surface area contributed by atoms with Gasteiger partial charge in [-0.15, -0.1) is 0 Å². The lowest BCUT2D eigenvalue weighted by Crippen LogP contribution is -2.32. The van der Waals surface area contributed by atoms with Crippen molar-refractivity contribution in [2.45, 2.75) is 20.4 Å². The van der Waals surface area contributed by atoms with E-state index in [0.717, 1.165) is 33.6 Å². The molecule has 0 spiro atoms. The number of carbonyl (C=O) groups excluding carboxylic acids is 2. The quantitative estimate of drug-likeness (QED) is 0.500. The van der Waals surface area contributed by atoms with Crippen molar-refractivity contribution in [3.05, 3.63) is 99.7 Å². The van der Waals surface area contributed by atoms with Gasteiger partial charge in [-0.25, -0.2) is 0 Å². The van der Waals surface area contributed by atoms with E-state index in [1.54, 1.807) is 6.07 Å². The molecule has 2 amide bonds. The average molecular weight is 460 g/mol. The number of nitrogens with one attached hydrogen (secondary N) is 1. The fraction of sp³-hybridized carbons (Fsp3) is 0.185. The highest BCUT2D eigenvalue weighted by molar-refractivity contribution is 6.37. The Bertz CT molecular complexity index is 1260. The van der Waals surface area contributed by atoms with Crippen LogP contribution >= 0.6 is 11.6 Å². The molecule has 0 saturated heterocycles. The van der Waals surface area contributed by atoms with E-state index >= 15 is 0 Å². The van der Waals surface area contributed by atoms with Gasteiger partial charge in [0.2, 0.25) is 0 Å². The Morgan fingerprint density at radius 1 is 0.909 bits per heavy atom. The van der Waals surface area contributed by atoms with Gasteiger partial charge < -0.3 is 10.2 Å². The van der Waals surface area contributed by atoms with Crippen molar-refractivity contribution in [2.24, 2.45) is 0 Å². The van der Waals surface area contributed by atoms with Gasteiger partial charge in [0.15, 0.2) is 0 Å². The van der Waals surface area contributed by atoms with Crippen LogP contribution < -0.4 is 10.2 Å². The van der Waals surface area contributed by atoms with Crippen molar-refractivity contribution < 1.29 is 9.59 Å². The van der Waals surface area contributed by atoms with Gasteiger partial charge in [0.1, 0.15) is 5.70 Å². The van der Waals surface area contributed by atoms with E-state index in [1.165, 1.54) is 4.90 Å². The molecule has 0 aromatic heterocycles. The minimum atomic E-state index is -0.369. The van der Waals surface area contributed by atoms with Gasteiger partial charge in [-0.3, -0.25) is 14.5 Å². The smallest absolute Gasteiger partial charge is 0.278 e. The summed E-state index contributed by atoms with van der Waals surface area (Å²) in [4.78, 5) is 30.3. The minimum Gasteiger partial charge on any atom is -0.378 e. The predicted molar refractivity (Wildman–Crippen MR) is 134 cm³/mol. The maximum Gasteiger partial charge on any atom is 0.278 e. The Labute approximate surface area is 199 Å². The lowest BCUT2D eigenvalue weighted by atomic mass is 9.97. The molecular formula is C27H26ClN3O2. The van der Waals surface area contributed by atoms with E-state index in [-0.39, 0.29) is 24.1 Å². The number of amides is 2. The Morgan fingerprint density at radius 3 is 2.24 bits per heavy atom. The zero-order chi connectivity index (χ0) is 23.7. The lowest BCUT2D eigenvalue weighted by Gasteiger charge is -2.17. The maximum atomic E-state index is 13.6. The van der Waals surface area contributed by atoms with Crippen molar-refractivity contribution in [3.63, 3.8) is 0 Å². The van der Waals surface area contributed by atoms with Gasteiger partial charge in [0, 0.05) is 30.5 Å². The number of halogens is 1. The molecule has 0 fully saturated rings. The summed E-state index contributed by atoms with van der Waals surface area (Å²) in [5, 5.41) is 3.74. The summed E-state index contributed by atoms with van der Waals surface area (Å²) in [6.07, 6.45) is 0. The van der Waals surface area contributed by atoms with Crippen LogP contribution in [0.25, 0.3) is 5.57 Å². The van der Waals surface area contributed by atoms with Crippen molar-refractivity contribution in [1.82, 2.24) is 4.90 Å². The van der Waals surface area contributed by atoms with Crippen LogP contribution in [0.4, 0.5) is 11.4 Å². The molecule has 0 bridgehead atoms. The SMILES string of the molecule is Cc1ccc(C2=C(Nc3ccc(N(C)C)cc3)C(=O)N(Cc3ccccc3Cl)C2=O)c(C)c1. The summed E-state index contributed by atoms with van der Waals surface area (Å²) in [6, 6.07) is 20.8. The second kappa shape index (κ2) is 9.12. The van der Waals surface area contributed by atoms with Gasteiger partial charge in [0.25, 0.3) is 11.8 Å². The standard InChI is InChI=1S/C27H26ClN3O2/c1-17-9-14-22(18(2)15-17)24-25(29-20-10-12-21(13-11-20)30(3)4)27(33)31(26(24)32)16-19-7-5-6-8-23(19)28/h5-15,29H,16H2,1-4H3. The molecule has 0 unspecified atom stereocenters. The van der Waals surface area contributed by atoms with Crippen molar-refractivity contribution >= 4 is 40.4 Å². The number of hydrogen-bond donors (Lipinski definition) is 1. The van der Waals surface area contributed by atoms with Gasteiger partial charge >= 0.3 is 0 Å². The maximum absolute atomic E-state index is 13.6. The molecule has 4 rings (SSSR count). The average Bonchev–Trinajstić information content (AvgIpc) is 3.00. The first-order valence-electron chi connectivity index (χ1n) is 10.7. The van der Waals surface area contributed by atoms with Crippen LogP contribution in [0.3, 0.4) is 0 Å². The topological polar surface area (TPSA) is 52.7 Å². The Hall–Kier alpha value is -3.57. The molecule has 0 aliphatic carbocycles. The molecule has 33 heavy (non-hydrogen) atoms. The molecule has 1 aliphatic rings. The molecule has 5 nitrogen and oxygen atoms in total. The highest BCUT2D eigenvalue weighted by atomic mass is 35.5. The van der Waals surface area contributed by atoms with Crippen molar-refractivity contribution in [3.8, 4) is 0 Å². The molecule has 3 aromatic carbocycles. The summed E-state index contributed by atoms with van der Waals surface area (Å²) in [7, 11) is 3.93. The highest BCUT2D eigenvalue weighted by Gasteiger charge is 2.40. The number of benzene rings is 3. The second-order valence-electron chi connectivity index (χ2n) is 8.42. The molecule has 1 heterocycles. The number of nitrogens with zero attached hydrogens (tertiary/aromatic N) is 2. The third kappa shape index (κ3) is 4.50. The van der Waals surface area contributed by atoms with Gasteiger partial charge in [-0.05, 0) is 60.9 Å². The first-order valence-corrected chi connectivity index (χ1v) is 11.1. The molecule has 1 N–H and O–H groups in total. The van der Waals surface area contributed by atoms with Crippen LogP contribution in [0.2, 0.25) is 5.02 Å². The normalized spacial score (nSPS) is 13.7. The first-order chi connectivity index (χ1) is 15.8. The summed E-state index contributed by atoms with van der Waals surface area (Å²) in [6.45, 7) is 4.06. The fourth-order valence-electron chi connectivity index (χ4n) is 3.96. The monoisotopic (exact) mass is 459 g/mol. The van der Waals surface area contributed by atoms with Gasteiger partial charge in [-0.1, -0.05) is 53.6 Å². The van der Waals surface area contributed by atoms with E-state index in [2.05, 4.69) is 5.32 Å². The molecule has 0 atom stereocenters. The highest BCUT2D eigenvalue weighted by Crippen LogP contribution is 2.34. The second-order valence-corrected chi connectivity index (χ2v) is 8.83. The third-order valence-electron chi connectivity index (χ3n) is 5.76. The number of imide groups is 1. The van der Waals surface area contributed by atoms with E-state index in [1.807, 2.05) is 93.5 Å². The number of rotatable bonds is 6. The lowest BCUT2D eigenvalue weighted by molar-refractivity contribution is -0.137. The van der Waals surface area contributed by atoms with Crippen molar-refractivity contribution in [2.75, 3.05) is 24.3 Å². The zero-order valence-corrected chi connectivity index (χ0v) is 19.9. The molecule has 168 valence electrons. The predicted octanol–water partition coefficient (Wildman–Crippen LogP) is 5.42. The molecule has 0 saturated carbocycles. The molecule has 0 radical (unpaired) electrons. The third-order valence-corrected chi connectivity index (χ3v) is 6.13. The molecule has 1 aliphatic heterocycles. The summed E-state index contributed by atoms with van der Waals surface area (Å²) >= 11 is 6.32. The fourth-order valence-corrected chi connectivity index (χ4v) is 4.16. The van der Waals surface area contributed by atoms with E-state index in [4.69, 9.17) is 11.6 Å². The summed E-state index contributed by atoms with van der Waals surface area (Å²) < 4.78 is 0. The number of anilines is 2. The van der Waals surface area contributed by atoms with Crippen LogP contribution in [0.5, 0.6) is 0 Å². The van der Waals surface area contributed by atoms with Gasteiger partial charge in [-0.2, -0.15) is 0 Å². The van der Waals surface area contributed by atoms with E-state index < -0.39 is 0 Å². The number of aryl methyl sites for hydroxylation is 2. The molecule has 6 heteroatoms. The largest absolute Gasteiger partial charge is 0.378 e. The summed E-state index contributed by atoms with van der Waals surface area (Å²) in [5.41, 5.74) is 5.92. The first kappa shape index (κ1) is 22.6. The Balaban J connectivity index is 1.76. The van der Waals surface area contributed by atoms with Crippen LogP contribution in [-0.4, -0.2) is 30.8 Å².